The first-order valence-corrected chi connectivity index (χ1v) is 10.5. The predicted molar refractivity (Wildman–Crippen MR) is 114 cm³/mol. The Bertz CT molecular complexity index is 1080. The van der Waals surface area contributed by atoms with Gasteiger partial charge in [-0.3, -0.25) is 9.59 Å². The summed E-state index contributed by atoms with van der Waals surface area (Å²) in [6.45, 7) is 0. The van der Waals surface area contributed by atoms with Crippen LogP contribution in [0.2, 0.25) is 0 Å². The number of carbonyl (C=O) groups is 2. The lowest BCUT2D eigenvalue weighted by Crippen LogP contribution is -2.50. The zero-order valence-corrected chi connectivity index (χ0v) is 18.3. The molecule has 1 heterocycles. The maximum atomic E-state index is 13.4. The molecule has 1 saturated heterocycles. The number of benzene rings is 2. The van der Waals surface area contributed by atoms with Gasteiger partial charge in [0, 0.05) is 5.39 Å². The number of rotatable bonds is 1. The summed E-state index contributed by atoms with van der Waals surface area (Å²) in [4.78, 5) is 24.4. The zero-order chi connectivity index (χ0) is 20.2. The number of imide groups is 1. The van der Waals surface area contributed by atoms with Gasteiger partial charge in [-0.05, 0) is 11.5 Å². The van der Waals surface area contributed by atoms with E-state index in [9.17, 15) is 9.59 Å². The first-order valence-electron chi connectivity index (χ1n) is 8.27. The quantitative estimate of drug-likeness (QED) is 0.371. The molecule has 0 radical (unpaired) electrons. The lowest BCUT2D eigenvalue weighted by molar-refractivity contribution is -0.123. The number of alkyl halides is 4. The maximum absolute atomic E-state index is 13.4. The van der Waals surface area contributed by atoms with Gasteiger partial charge in [-0.2, -0.15) is 0 Å². The molecule has 2 aromatic rings. The van der Waals surface area contributed by atoms with Crippen LogP contribution in [0.3, 0.4) is 0 Å². The summed E-state index contributed by atoms with van der Waals surface area (Å²) in [6, 6.07) is 12.7. The molecule has 0 aromatic heterocycles. The Morgan fingerprint density at radius 2 is 1.25 bits per heavy atom. The van der Waals surface area contributed by atoms with E-state index in [1.807, 2.05) is 30.3 Å². The molecule has 144 valence electrons. The van der Waals surface area contributed by atoms with E-state index in [-0.39, 0.29) is 10.1 Å². The Hall–Kier alpha value is -0.680. The number of carbonyl (C=O) groups excluding carboxylic acids is 2. The molecule has 9 heteroatoms. The first-order chi connectivity index (χ1) is 13.1. The fraction of sp³-hybridized carbons (Fsp3) is 0.263. The molecular formula is C19H9Cl6NO2. The molecule has 2 fully saturated rings. The van der Waals surface area contributed by atoms with Crippen molar-refractivity contribution in [3.63, 3.8) is 0 Å². The van der Waals surface area contributed by atoms with Gasteiger partial charge in [0.25, 0.3) is 0 Å². The SMILES string of the molecule is O=C1[C@@H]2[C@H](C(=O)N1c1cccc3ccccc13)[C@]1(Cl)C(Cl)=C(Cl)[C@@]2(Cl)C1(Cl)Cl. The lowest BCUT2D eigenvalue weighted by atomic mass is 9.84. The molecule has 4 atom stereocenters. The van der Waals surface area contributed by atoms with Gasteiger partial charge >= 0.3 is 0 Å². The van der Waals surface area contributed by atoms with Crippen LogP contribution in [-0.2, 0) is 9.59 Å². The van der Waals surface area contributed by atoms with Crippen LogP contribution in [0.1, 0.15) is 0 Å². The van der Waals surface area contributed by atoms with Gasteiger partial charge in [-0.1, -0.05) is 82.8 Å². The minimum atomic E-state index is -1.93. The predicted octanol–water partition coefficient (Wildman–Crippen LogP) is 5.79. The van der Waals surface area contributed by atoms with Crippen molar-refractivity contribution in [3.05, 3.63) is 52.5 Å². The van der Waals surface area contributed by atoms with E-state index in [1.165, 1.54) is 0 Å². The van der Waals surface area contributed by atoms with E-state index in [1.54, 1.807) is 12.1 Å². The monoisotopic (exact) mass is 493 g/mol. The molecule has 2 aromatic carbocycles. The minimum Gasteiger partial charge on any atom is -0.274 e. The van der Waals surface area contributed by atoms with Crippen molar-refractivity contribution in [2.24, 2.45) is 11.8 Å². The van der Waals surface area contributed by atoms with Crippen LogP contribution in [0.25, 0.3) is 10.8 Å². The lowest BCUT2D eigenvalue weighted by Gasteiger charge is -2.34. The molecule has 0 spiro atoms. The molecule has 3 aliphatic rings. The van der Waals surface area contributed by atoms with E-state index >= 15 is 0 Å². The Kier molecular flexibility index (Phi) is 3.94. The molecule has 1 saturated carbocycles. The third-order valence-corrected chi connectivity index (χ3v) is 10.2. The Morgan fingerprint density at radius 1 is 0.750 bits per heavy atom. The van der Waals surface area contributed by atoms with Gasteiger partial charge in [0.2, 0.25) is 11.8 Å². The van der Waals surface area contributed by atoms with Crippen LogP contribution in [0.4, 0.5) is 5.69 Å². The molecule has 0 N–H and O–H groups in total. The van der Waals surface area contributed by atoms with Crippen LogP contribution >= 0.6 is 69.6 Å². The fourth-order valence-electron chi connectivity index (χ4n) is 4.64. The van der Waals surface area contributed by atoms with Crippen LogP contribution in [-0.4, -0.2) is 25.9 Å². The van der Waals surface area contributed by atoms with E-state index in [2.05, 4.69) is 0 Å². The third kappa shape index (κ3) is 1.84. The Balaban J connectivity index is 1.74. The van der Waals surface area contributed by atoms with E-state index in [0.29, 0.717) is 5.69 Å². The highest BCUT2D eigenvalue weighted by molar-refractivity contribution is 6.67. The molecule has 2 amide bonds. The third-order valence-electron chi connectivity index (χ3n) is 5.92. The number of hydrogen-bond donors (Lipinski definition) is 0. The number of nitrogens with zero attached hydrogens (tertiary/aromatic N) is 1. The molecule has 5 rings (SSSR count). The molecule has 28 heavy (non-hydrogen) atoms. The summed E-state index contributed by atoms with van der Waals surface area (Å²) in [5.74, 6) is -3.39. The van der Waals surface area contributed by atoms with Crippen molar-refractivity contribution in [2.75, 3.05) is 4.90 Å². The summed E-state index contributed by atoms with van der Waals surface area (Å²) >= 11 is 39.1. The van der Waals surface area contributed by atoms with Crippen LogP contribution < -0.4 is 4.90 Å². The van der Waals surface area contributed by atoms with Crippen molar-refractivity contribution in [1.29, 1.82) is 0 Å². The number of anilines is 1. The number of amides is 2. The van der Waals surface area contributed by atoms with Gasteiger partial charge < -0.3 is 0 Å². The van der Waals surface area contributed by atoms with Gasteiger partial charge in [-0.25, -0.2) is 4.90 Å². The normalized spacial score (nSPS) is 36.0. The minimum absolute atomic E-state index is 0.0991. The first kappa shape index (κ1) is 19.3. The summed E-state index contributed by atoms with van der Waals surface area (Å²) in [7, 11) is 0. The van der Waals surface area contributed by atoms with Gasteiger partial charge in [0.15, 0.2) is 4.33 Å². The molecule has 2 aliphatic carbocycles. The average Bonchev–Trinajstić information content (AvgIpc) is 3.05. The highest BCUT2D eigenvalue weighted by Crippen LogP contribution is 2.77. The van der Waals surface area contributed by atoms with Gasteiger partial charge in [-0.15, -0.1) is 23.2 Å². The highest BCUT2D eigenvalue weighted by atomic mass is 35.5. The fourth-order valence-corrected chi connectivity index (χ4v) is 7.56. The molecule has 3 nitrogen and oxygen atoms in total. The van der Waals surface area contributed by atoms with E-state index in [4.69, 9.17) is 69.6 Å². The van der Waals surface area contributed by atoms with Crippen LogP contribution in [0.15, 0.2) is 52.5 Å². The standard InChI is InChI=1S/C19H9Cl6NO2/c20-13-14(21)18(23)12-11(17(13,22)19(18,24)25)15(27)26(16(12)28)10-7-3-5-8-4-1-2-6-9(8)10/h1-7,11-12H/t11-,12+,17+,18-. The smallest absolute Gasteiger partial charge is 0.240 e. The molecule has 1 aliphatic heterocycles. The Labute approximate surface area is 190 Å². The van der Waals surface area contributed by atoms with Crippen molar-refractivity contribution < 1.29 is 9.59 Å². The molecular weight excluding hydrogens is 487 g/mol. The topological polar surface area (TPSA) is 37.4 Å². The summed E-state index contributed by atoms with van der Waals surface area (Å²) in [5, 5.41) is 1.41. The summed E-state index contributed by atoms with van der Waals surface area (Å²) < 4.78 is -1.93. The summed E-state index contributed by atoms with van der Waals surface area (Å²) in [6.07, 6.45) is 0. The van der Waals surface area contributed by atoms with Crippen molar-refractivity contribution >= 4 is 97.9 Å². The molecule has 0 unspecified atom stereocenters. The number of hydrogen-bond acceptors (Lipinski definition) is 2. The number of allylic oxidation sites excluding steroid dienone is 2. The van der Waals surface area contributed by atoms with Gasteiger partial charge in [0.05, 0.1) is 27.6 Å². The number of fused-ring (bicyclic) bond motifs is 6. The van der Waals surface area contributed by atoms with Crippen LogP contribution in [0, 0.1) is 11.8 Å². The largest absolute Gasteiger partial charge is 0.274 e. The van der Waals surface area contributed by atoms with Crippen molar-refractivity contribution in [2.45, 2.75) is 14.1 Å². The summed E-state index contributed by atoms with van der Waals surface area (Å²) in [5.41, 5.74) is 0.435. The average molecular weight is 496 g/mol. The zero-order valence-electron chi connectivity index (χ0n) is 13.7. The maximum Gasteiger partial charge on any atom is 0.240 e. The number of halogens is 6. The second-order valence-electron chi connectivity index (χ2n) is 7.09. The van der Waals surface area contributed by atoms with E-state index in [0.717, 1.165) is 15.7 Å². The van der Waals surface area contributed by atoms with Crippen molar-refractivity contribution in [3.8, 4) is 0 Å². The Morgan fingerprint density at radius 3 is 1.82 bits per heavy atom. The molecule has 2 bridgehead atoms. The van der Waals surface area contributed by atoms with E-state index < -0.39 is 37.7 Å². The van der Waals surface area contributed by atoms with Crippen molar-refractivity contribution in [1.82, 2.24) is 0 Å². The van der Waals surface area contributed by atoms with Gasteiger partial charge in [0.1, 0.15) is 9.75 Å². The van der Waals surface area contributed by atoms with Crippen LogP contribution in [0.5, 0.6) is 0 Å². The highest BCUT2D eigenvalue weighted by Gasteiger charge is 2.87. The second kappa shape index (κ2) is 5.72. The second-order valence-corrected chi connectivity index (χ2v) is 10.4.